The van der Waals surface area contributed by atoms with E-state index in [-0.39, 0.29) is 18.5 Å². The van der Waals surface area contributed by atoms with Crippen molar-refractivity contribution in [2.24, 2.45) is 0 Å². The molecule has 0 aliphatic carbocycles. The lowest BCUT2D eigenvalue weighted by molar-refractivity contribution is -0.143. The van der Waals surface area contributed by atoms with E-state index >= 15 is 0 Å². The number of esters is 1. The van der Waals surface area contributed by atoms with E-state index in [2.05, 4.69) is 43.5 Å². The zero-order valence-electron chi connectivity index (χ0n) is 52.0. The second kappa shape index (κ2) is 66.6. The van der Waals surface area contributed by atoms with Crippen LogP contribution in [-0.4, -0.2) is 47.4 Å². The number of rotatable bonds is 65. The summed E-state index contributed by atoms with van der Waals surface area (Å²) in [6, 6.07) is -0.637. The molecule has 2 unspecified atom stereocenters. The molecule has 0 aliphatic rings. The van der Waals surface area contributed by atoms with Crippen molar-refractivity contribution in [1.82, 2.24) is 5.32 Å². The molecule has 6 nitrogen and oxygen atoms in total. The second-order valence-corrected chi connectivity index (χ2v) is 23.9. The normalized spacial score (nSPS) is 12.7. The number of unbranched alkanes of at least 4 members (excludes halogenated alkanes) is 50. The fraction of sp³-hybridized carbons (Fsp3) is 0.887. The molecule has 0 saturated carbocycles. The molecule has 77 heavy (non-hydrogen) atoms. The first-order valence-corrected chi connectivity index (χ1v) is 34.8. The Bertz CT molecular complexity index is 1250. The number of carbonyl (C=O) groups is 2. The number of aliphatic hydroxyl groups is 2. The van der Waals surface area contributed by atoms with Crippen LogP contribution >= 0.6 is 0 Å². The van der Waals surface area contributed by atoms with E-state index in [1.54, 1.807) is 6.08 Å². The maximum atomic E-state index is 12.5. The highest BCUT2D eigenvalue weighted by Gasteiger charge is 2.18. The van der Waals surface area contributed by atoms with Crippen LogP contribution in [0.3, 0.4) is 0 Å². The Morgan fingerprint density at radius 2 is 0.649 bits per heavy atom. The van der Waals surface area contributed by atoms with Gasteiger partial charge in [-0.25, -0.2) is 0 Å². The number of carbonyl (C=O) groups excluding carboxylic acids is 2. The van der Waals surface area contributed by atoms with E-state index in [0.29, 0.717) is 19.4 Å². The SMILES string of the molecule is CCCCCCCCCCCCCCCCCCCCC/C=C/C(O)C(CO)NC(=O)CCCCCCCCC/C=C\C/C=C\CCCCCCCCCCCOC(=O)CCCCCCCCCCCCCCCCCC. The molecule has 0 radical (unpaired) electrons. The van der Waals surface area contributed by atoms with E-state index in [9.17, 15) is 19.8 Å². The molecule has 1 amide bonds. The molecular weight excluding hydrogens is 947 g/mol. The van der Waals surface area contributed by atoms with Crippen molar-refractivity contribution in [3.63, 3.8) is 0 Å². The zero-order valence-corrected chi connectivity index (χ0v) is 52.0. The number of ether oxygens (including phenoxy) is 1. The molecule has 454 valence electrons. The molecule has 3 N–H and O–H groups in total. The van der Waals surface area contributed by atoms with Crippen LogP contribution in [0, 0.1) is 0 Å². The number of nitrogens with one attached hydrogen (secondary N) is 1. The lowest BCUT2D eigenvalue weighted by atomic mass is 10.0. The van der Waals surface area contributed by atoms with Crippen molar-refractivity contribution in [2.75, 3.05) is 13.2 Å². The van der Waals surface area contributed by atoms with E-state index in [4.69, 9.17) is 4.74 Å². The van der Waals surface area contributed by atoms with Crippen molar-refractivity contribution in [3.8, 4) is 0 Å². The van der Waals surface area contributed by atoms with Crippen molar-refractivity contribution in [2.45, 2.75) is 392 Å². The third-order valence-electron chi connectivity index (χ3n) is 16.2. The van der Waals surface area contributed by atoms with Crippen LogP contribution in [0.1, 0.15) is 380 Å². The Labute approximate surface area is 481 Å². The molecule has 0 bridgehead atoms. The van der Waals surface area contributed by atoms with Crippen LogP contribution in [0.2, 0.25) is 0 Å². The molecule has 6 heteroatoms. The predicted octanol–water partition coefficient (Wildman–Crippen LogP) is 22.3. The highest BCUT2D eigenvalue weighted by molar-refractivity contribution is 5.76. The largest absolute Gasteiger partial charge is 0.466 e. The average Bonchev–Trinajstić information content (AvgIpc) is 3.43. The van der Waals surface area contributed by atoms with Crippen LogP contribution in [0.25, 0.3) is 0 Å². The third-order valence-corrected chi connectivity index (χ3v) is 16.2. The Kier molecular flexibility index (Phi) is 64.9. The number of aliphatic hydroxyl groups excluding tert-OH is 2. The standard InChI is InChI=1S/C71H135NO5/c1-3-5-7-9-11-13-15-17-19-21-22-26-29-32-35-39-43-47-51-55-59-63-69(74)68(67-73)72-70(75)64-60-56-52-48-44-40-36-33-30-27-24-23-25-28-31-34-38-42-46-50-54-58-62-66-77-71(76)65-61-57-53-49-45-41-37-20-18-16-14-12-10-8-6-4-2/h23,25,27,30,59,63,68-69,73-74H,3-22,24,26,28-29,31-58,60-62,64-67H2,1-2H3,(H,72,75)/b25-23-,30-27-,63-59+. The van der Waals surface area contributed by atoms with Gasteiger partial charge in [-0.05, 0) is 64.2 Å². The van der Waals surface area contributed by atoms with Crippen LogP contribution in [0.15, 0.2) is 36.5 Å². The number of hydrogen-bond acceptors (Lipinski definition) is 5. The van der Waals surface area contributed by atoms with Crippen LogP contribution < -0.4 is 5.32 Å². The number of hydrogen-bond donors (Lipinski definition) is 3. The fourth-order valence-electron chi connectivity index (χ4n) is 10.8. The van der Waals surface area contributed by atoms with Crippen molar-refractivity contribution < 1.29 is 24.5 Å². The van der Waals surface area contributed by atoms with Gasteiger partial charge in [0.1, 0.15) is 0 Å². The summed E-state index contributed by atoms with van der Waals surface area (Å²) in [7, 11) is 0. The van der Waals surface area contributed by atoms with E-state index in [1.165, 1.54) is 295 Å². The maximum Gasteiger partial charge on any atom is 0.305 e. The molecule has 0 aromatic heterocycles. The second-order valence-electron chi connectivity index (χ2n) is 23.9. The van der Waals surface area contributed by atoms with Gasteiger partial charge in [0.15, 0.2) is 0 Å². The highest BCUT2D eigenvalue weighted by Crippen LogP contribution is 2.18. The fourth-order valence-corrected chi connectivity index (χ4v) is 10.8. The summed E-state index contributed by atoms with van der Waals surface area (Å²) in [5.74, 6) is -0.0647. The van der Waals surface area contributed by atoms with Gasteiger partial charge < -0.3 is 20.3 Å². The molecule has 0 saturated heterocycles. The number of amides is 1. The summed E-state index contributed by atoms with van der Waals surface area (Å²) in [6.07, 6.45) is 85.0. The summed E-state index contributed by atoms with van der Waals surface area (Å²) in [5, 5.41) is 23.2. The van der Waals surface area contributed by atoms with Crippen LogP contribution in [0.5, 0.6) is 0 Å². The first-order valence-electron chi connectivity index (χ1n) is 34.8. The maximum absolute atomic E-state index is 12.5. The smallest absolute Gasteiger partial charge is 0.305 e. The molecule has 2 atom stereocenters. The van der Waals surface area contributed by atoms with Gasteiger partial charge >= 0.3 is 5.97 Å². The average molecular weight is 1080 g/mol. The predicted molar refractivity (Wildman–Crippen MR) is 338 cm³/mol. The molecule has 0 heterocycles. The molecule has 0 aliphatic heterocycles. The molecule has 0 fully saturated rings. The van der Waals surface area contributed by atoms with Crippen LogP contribution in [-0.2, 0) is 14.3 Å². The Balaban J connectivity index is 3.46. The lowest BCUT2D eigenvalue weighted by Crippen LogP contribution is -2.45. The van der Waals surface area contributed by atoms with Gasteiger partial charge in [-0.2, -0.15) is 0 Å². The Morgan fingerprint density at radius 1 is 0.364 bits per heavy atom. The molecule has 0 rings (SSSR count). The summed E-state index contributed by atoms with van der Waals surface area (Å²) in [5.41, 5.74) is 0. The first-order chi connectivity index (χ1) is 38.0. The van der Waals surface area contributed by atoms with E-state index < -0.39 is 12.1 Å². The zero-order chi connectivity index (χ0) is 55.7. The Hall–Kier alpha value is -1.92. The van der Waals surface area contributed by atoms with Crippen molar-refractivity contribution >= 4 is 11.9 Å². The van der Waals surface area contributed by atoms with E-state index in [0.717, 1.165) is 57.8 Å². The van der Waals surface area contributed by atoms with Gasteiger partial charge in [-0.15, -0.1) is 0 Å². The van der Waals surface area contributed by atoms with Gasteiger partial charge in [-0.3, -0.25) is 9.59 Å². The highest BCUT2D eigenvalue weighted by atomic mass is 16.5. The minimum atomic E-state index is -0.852. The quantitative estimate of drug-likeness (QED) is 0.0320. The van der Waals surface area contributed by atoms with Crippen molar-refractivity contribution in [3.05, 3.63) is 36.5 Å². The van der Waals surface area contributed by atoms with Crippen molar-refractivity contribution in [1.29, 1.82) is 0 Å². The van der Waals surface area contributed by atoms with Gasteiger partial charge in [0, 0.05) is 12.8 Å². The minimum absolute atomic E-state index is 0.0105. The van der Waals surface area contributed by atoms with Gasteiger partial charge in [0.05, 0.1) is 25.4 Å². The first kappa shape index (κ1) is 75.1. The molecule has 0 aromatic rings. The van der Waals surface area contributed by atoms with Gasteiger partial charge in [0.2, 0.25) is 5.91 Å². The van der Waals surface area contributed by atoms with Gasteiger partial charge in [-0.1, -0.05) is 339 Å². The molecule has 0 aromatic carbocycles. The summed E-state index contributed by atoms with van der Waals surface area (Å²) >= 11 is 0. The van der Waals surface area contributed by atoms with Crippen LogP contribution in [0.4, 0.5) is 0 Å². The third kappa shape index (κ3) is 63.1. The topological polar surface area (TPSA) is 95.9 Å². The molecular formula is C71H135NO5. The number of allylic oxidation sites excluding steroid dienone is 5. The molecule has 0 spiro atoms. The monoisotopic (exact) mass is 1080 g/mol. The van der Waals surface area contributed by atoms with Gasteiger partial charge in [0.25, 0.3) is 0 Å². The summed E-state index contributed by atoms with van der Waals surface area (Å²) in [6.45, 7) is 4.93. The summed E-state index contributed by atoms with van der Waals surface area (Å²) < 4.78 is 5.49. The minimum Gasteiger partial charge on any atom is -0.466 e. The Morgan fingerprint density at radius 3 is 0.987 bits per heavy atom. The summed E-state index contributed by atoms with van der Waals surface area (Å²) in [4.78, 5) is 24.6. The van der Waals surface area contributed by atoms with E-state index in [1.807, 2.05) is 6.08 Å². The lowest BCUT2D eigenvalue weighted by Gasteiger charge is -2.20.